The average Bonchev–Trinajstić information content (AvgIpc) is 2.97. The molecule has 3 unspecified atom stereocenters. The molecule has 0 saturated heterocycles. The van der Waals surface area contributed by atoms with Gasteiger partial charge in [0.15, 0.2) is 33.6 Å². The molecular weight excluding hydrogens is 616 g/mol. The molecule has 0 aliphatic rings. The fourth-order valence-corrected chi connectivity index (χ4v) is 6.94. The van der Waals surface area contributed by atoms with Crippen molar-refractivity contribution in [3.05, 3.63) is 72.8 Å². The number of rotatable bonds is 18. The van der Waals surface area contributed by atoms with E-state index in [4.69, 9.17) is 28.4 Å². The summed E-state index contributed by atoms with van der Waals surface area (Å²) in [5.41, 5.74) is 0. The van der Waals surface area contributed by atoms with E-state index in [-0.39, 0.29) is 24.6 Å². The van der Waals surface area contributed by atoms with Crippen molar-refractivity contribution in [2.45, 2.75) is 94.9 Å². The summed E-state index contributed by atoms with van der Waals surface area (Å²) in [5, 5.41) is 0. The summed E-state index contributed by atoms with van der Waals surface area (Å²) in [5.74, 6) is 2.05. The van der Waals surface area contributed by atoms with E-state index in [9.17, 15) is 13.0 Å². The fourth-order valence-electron chi connectivity index (χ4n) is 4.13. The largest absolute Gasteiger partial charge is 0.748 e. The monoisotopic (exact) mass is 664 g/mol. The number of hydrogen-bond acceptors (Lipinski definition) is 9. The third kappa shape index (κ3) is 14.9. The maximum Gasteiger partial charge on any atom is 0.196 e. The summed E-state index contributed by atoms with van der Waals surface area (Å²) in [4.78, 5) is 3.31. The van der Waals surface area contributed by atoms with Gasteiger partial charge in [-0.25, -0.2) is 8.42 Å². The molecule has 0 aromatic heterocycles. The predicted molar refractivity (Wildman–Crippen MR) is 176 cm³/mol. The second kappa shape index (κ2) is 20.3. The van der Waals surface area contributed by atoms with Crippen LogP contribution in [0.15, 0.2) is 87.5 Å². The summed E-state index contributed by atoms with van der Waals surface area (Å²) in [6, 6.07) is 24.5. The minimum Gasteiger partial charge on any atom is -0.748 e. The number of hydrogen-bond donors (Lipinski definition) is 0. The summed E-state index contributed by atoms with van der Waals surface area (Å²) < 4.78 is 64.3. The Morgan fingerprint density at radius 3 is 1.20 bits per heavy atom. The van der Waals surface area contributed by atoms with Crippen molar-refractivity contribution in [1.29, 1.82) is 0 Å². The second-order valence-corrected chi connectivity index (χ2v) is 13.3. The van der Waals surface area contributed by atoms with Crippen LogP contribution in [0.5, 0.6) is 17.2 Å². The lowest BCUT2D eigenvalue weighted by Gasteiger charge is -2.17. The topological polar surface area (TPSA) is 113 Å². The maximum absolute atomic E-state index is 9.83. The third-order valence-corrected chi connectivity index (χ3v) is 8.95. The van der Waals surface area contributed by atoms with Gasteiger partial charge in [-0.3, -0.25) is 0 Å². The molecule has 3 aromatic rings. The first-order valence-corrected chi connectivity index (χ1v) is 18.1. The van der Waals surface area contributed by atoms with Crippen molar-refractivity contribution in [3.63, 3.8) is 0 Å². The lowest BCUT2D eigenvalue weighted by molar-refractivity contribution is -0.0617. The molecule has 3 aromatic carbocycles. The third-order valence-electron chi connectivity index (χ3n) is 5.98. The number of ether oxygens (including phenoxy) is 6. The zero-order valence-electron chi connectivity index (χ0n) is 27.4. The summed E-state index contributed by atoms with van der Waals surface area (Å²) >= 11 is 0. The first kappa shape index (κ1) is 38.4. The Morgan fingerprint density at radius 1 is 0.622 bits per heavy atom. The van der Waals surface area contributed by atoms with Crippen LogP contribution in [0.4, 0.5) is 0 Å². The molecule has 0 heterocycles. The molecule has 0 amide bonds. The van der Waals surface area contributed by atoms with Gasteiger partial charge in [0.1, 0.15) is 17.2 Å². The Hall–Kier alpha value is -2.80. The molecule has 9 nitrogen and oxygen atoms in total. The molecule has 0 fully saturated rings. The molecule has 11 heteroatoms. The Kier molecular flexibility index (Phi) is 17.4. The summed E-state index contributed by atoms with van der Waals surface area (Å²) in [6.07, 6.45) is 0.217. The van der Waals surface area contributed by atoms with Crippen molar-refractivity contribution < 1.29 is 41.4 Å². The molecule has 45 heavy (non-hydrogen) atoms. The van der Waals surface area contributed by atoms with Gasteiger partial charge in [0, 0.05) is 43.8 Å². The van der Waals surface area contributed by atoms with Crippen LogP contribution in [0.2, 0.25) is 0 Å². The minimum absolute atomic E-state index is 0.219. The second-order valence-electron chi connectivity index (χ2n) is 9.77. The smallest absolute Gasteiger partial charge is 0.196 e. The highest BCUT2D eigenvalue weighted by Crippen LogP contribution is 2.36. The first-order valence-electron chi connectivity index (χ1n) is 15.3. The molecule has 0 N–H and O–H groups in total. The Morgan fingerprint density at radius 2 is 0.956 bits per heavy atom. The lowest BCUT2D eigenvalue weighted by atomic mass is 10.3. The van der Waals surface area contributed by atoms with Crippen LogP contribution in [0.25, 0.3) is 0 Å². The number of benzene rings is 3. The van der Waals surface area contributed by atoms with Crippen LogP contribution in [0, 0.1) is 0 Å². The van der Waals surface area contributed by atoms with Crippen molar-refractivity contribution in [2.24, 2.45) is 0 Å². The number of unbranched alkanes of at least 4 members (excludes halogenated alkanes) is 1. The van der Waals surface area contributed by atoms with E-state index in [1.165, 1.54) is 0 Å². The van der Waals surface area contributed by atoms with Gasteiger partial charge < -0.3 is 33.0 Å². The van der Waals surface area contributed by atoms with Crippen LogP contribution in [0.1, 0.15) is 61.3 Å². The lowest BCUT2D eigenvalue weighted by Crippen LogP contribution is -2.17. The van der Waals surface area contributed by atoms with Gasteiger partial charge in [0.25, 0.3) is 0 Å². The Balaban J connectivity index is 0.000000777. The maximum atomic E-state index is 9.83. The molecule has 0 saturated carbocycles. The van der Waals surface area contributed by atoms with Crippen LogP contribution in [-0.2, 0) is 35.2 Å². The SMILES string of the molecule is CCCCS(=O)(=O)[O-].CCOC(C)Oc1cccc([S+](c2cccc(OC(C)OCC)c2)c2cccc(OC(C)OCC)c2)c1. The van der Waals surface area contributed by atoms with Crippen molar-refractivity contribution in [3.8, 4) is 17.2 Å². The molecule has 0 spiro atoms. The highest BCUT2D eigenvalue weighted by atomic mass is 32.2. The Bertz CT molecular complexity index is 1230. The molecule has 3 rings (SSSR count). The Labute approximate surface area is 272 Å². The highest BCUT2D eigenvalue weighted by molar-refractivity contribution is 7.97. The van der Waals surface area contributed by atoms with Gasteiger partial charge in [-0.05, 0) is 84.4 Å². The normalized spacial score (nSPS) is 14.0. The predicted octanol–water partition coefficient (Wildman–Crippen LogP) is 7.40. The van der Waals surface area contributed by atoms with Gasteiger partial charge in [-0.1, -0.05) is 31.5 Å². The van der Waals surface area contributed by atoms with Crippen LogP contribution >= 0.6 is 0 Å². The molecule has 0 aliphatic heterocycles. The van der Waals surface area contributed by atoms with Gasteiger partial charge in [0.2, 0.25) is 0 Å². The zero-order chi connectivity index (χ0) is 33.2. The molecule has 3 atom stereocenters. The zero-order valence-corrected chi connectivity index (χ0v) is 29.0. The molecular formula is C34H48O9S2. The van der Waals surface area contributed by atoms with E-state index in [2.05, 4.69) is 36.4 Å². The first-order chi connectivity index (χ1) is 21.5. The van der Waals surface area contributed by atoms with E-state index in [1.54, 1.807) is 0 Å². The van der Waals surface area contributed by atoms with E-state index < -0.39 is 21.0 Å². The van der Waals surface area contributed by atoms with Crippen molar-refractivity contribution in [2.75, 3.05) is 25.6 Å². The van der Waals surface area contributed by atoms with Crippen LogP contribution in [-0.4, -0.2) is 57.4 Å². The molecule has 0 radical (unpaired) electrons. The summed E-state index contributed by atoms with van der Waals surface area (Å²) in [7, 11) is -4.40. The van der Waals surface area contributed by atoms with Gasteiger partial charge >= 0.3 is 0 Å². The summed E-state index contributed by atoms with van der Waals surface area (Å²) in [6.45, 7) is 15.2. The minimum atomic E-state index is -3.94. The quantitative estimate of drug-likeness (QED) is 0.0780. The molecule has 0 aliphatic carbocycles. The van der Waals surface area contributed by atoms with Gasteiger partial charge in [-0.2, -0.15) is 0 Å². The molecule has 250 valence electrons. The highest BCUT2D eigenvalue weighted by Gasteiger charge is 2.31. The van der Waals surface area contributed by atoms with Gasteiger partial charge in [-0.15, -0.1) is 0 Å². The van der Waals surface area contributed by atoms with Crippen molar-refractivity contribution in [1.82, 2.24) is 0 Å². The van der Waals surface area contributed by atoms with E-state index in [0.29, 0.717) is 26.2 Å². The van der Waals surface area contributed by atoms with Crippen molar-refractivity contribution >= 4 is 21.0 Å². The fraction of sp³-hybridized carbons (Fsp3) is 0.471. The van der Waals surface area contributed by atoms with Gasteiger partial charge in [0.05, 0.1) is 21.0 Å². The van der Waals surface area contributed by atoms with E-state index >= 15 is 0 Å². The standard InChI is InChI=1S/C30H39O6S.C4H10O3S/c1-7-31-22(4)34-25-13-10-16-28(19-25)37(29-17-11-14-26(20-29)35-23(5)32-8-2)30-18-12-15-27(21-30)36-24(6)33-9-3;1-2-3-4-8(5,6)7/h10-24H,7-9H2,1-6H3;2-4H2,1H3,(H,5,6,7)/q+1;/p-1. The van der Waals surface area contributed by atoms with Crippen LogP contribution < -0.4 is 14.2 Å². The van der Waals surface area contributed by atoms with Crippen LogP contribution in [0.3, 0.4) is 0 Å². The molecule has 0 bridgehead atoms. The van der Waals surface area contributed by atoms with E-state index in [0.717, 1.165) is 38.4 Å². The average molecular weight is 665 g/mol. The van der Waals surface area contributed by atoms with E-state index in [1.807, 2.05) is 84.9 Å².